The molecule has 0 radical (unpaired) electrons. The van der Waals surface area contributed by atoms with Crippen LogP contribution in [0.25, 0.3) is 0 Å². The van der Waals surface area contributed by atoms with E-state index in [2.05, 4.69) is 5.32 Å². The van der Waals surface area contributed by atoms with E-state index in [4.69, 9.17) is 36.7 Å². The molecule has 0 fully saturated rings. The van der Waals surface area contributed by atoms with Gasteiger partial charge in [0, 0.05) is 18.0 Å². The fourth-order valence-electron chi connectivity index (χ4n) is 2.38. The Balaban J connectivity index is 2.45. The van der Waals surface area contributed by atoms with Crippen molar-refractivity contribution in [3.05, 3.63) is 11.6 Å². The number of thiophene rings is 1. The summed E-state index contributed by atoms with van der Waals surface area (Å²) in [6.07, 6.45) is -0.331. The van der Waals surface area contributed by atoms with E-state index in [1.165, 1.54) is 0 Å². The van der Waals surface area contributed by atoms with Crippen molar-refractivity contribution in [2.45, 2.75) is 38.1 Å². The van der Waals surface area contributed by atoms with Gasteiger partial charge >= 0.3 is 0 Å². The van der Waals surface area contributed by atoms with Gasteiger partial charge in [-0.1, -0.05) is 0 Å². The number of nitrogens with one attached hydrogen (secondary N) is 1. The molecule has 2 atom stereocenters. The Morgan fingerprint density at radius 1 is 1.30 bits per heavy atom. The molecule has 2 unspecified atom stereocenters. The highest BCUT2D eigenvalue weighted by atomic mass is 32.3. The summed E-state index contributed by atoms with van der Waals surface area (Å²) in [7, 11) is -8.45. The third kappa shape index (κ3) is 5.62. The van der Waals surface area contributed by atoms with Crippen molar-refractivity contribution in [2.24, 2.45) is 16.6 Å². The SMILES string of the molecule is NC(N)(O)CNC1CC(OCC(O)(O)O)S(=O)(=O)c2sc(S(N)(=O)=O)cc21. The van der Waals surface area contributed by atoms with Gasteiger partial charge in [-0.25, -0.2) is 22.0 Å². The van der Waals surface area contributed by atoms with Gasteiger partial charge < -0.3 is 30.5 Å². The molecule has 0 aliphatic carbocycles. The quantitative estimate of drug-likeness (QED) is 0.185. The lowest BCUT2D eigenvalue weighted by Crippen LogP contribution is -2.57. The van der Waals surface area contributed by atoms with Crippen molar-refractivity contribution in [3.63, 3.8) is 0 Å². The van der Waals surface area contributed by atoms with E-state index in [0.717, 1.165) is 6.07 Å². The van der Waals surface area contributed by atoms with E-state index in [1.54, 1.807) is 0 Å². The van der Waals surface area contributed by atoms with Crippen molar-refractivity contribution in [2.75, 3.05) is 13.2 Å². The Labute approximate surface area is 158 Å². The van der Waals surface area contributed by atoms with Crippen LogP contribution in [0.3, 0.4) is 0 Å². The van der Waals surface area contributed by atoms with Crippen LogP contribution in [0.1, 0.15) is 18.0 Å². The minimum absolute atomic E-state index is 0.0522. The first-order valence-electron chi connectivity index (χ1n) is 7.23. The normalized spacial score (nSPS) is 23.2. The Morgan fingerprint density at radius 2 is 1.89 bits per heavy atom. The lowest BCUT2D eigenvalue weighted by molar-refractivity contribution is -0.333. The molecule has 0 amide bonds. The molecule has 0 spiro atoms. The monoisotopic (exact) mass is 448 g/mol. The largest absolute Gasteiger partial charge is 0.362 e. The van der Waals surface area contributed by atoms with Crippen LogP contribution >= 0.6 is 11.3 Å². The number of sulfone groups is 1. The second-order valence-electron chi connectivity index (χ2n) is 6.07. The van der Waals surface area contributed by atoms with Crippen LogP contribution < -0.4 is 21.9 Å². The molecule has 156 valence electrons. The highest BCUT2D eigenvalue weighted by molar-refractivity contribution is 7.95. The Kier molecular flexibility index (Phi) is 6.05. The molecule has 11 N–H and O–H groups in total. The van der Waals surface area contributed by atoms with E-state index in [0.29, 0.717) is 11.3 Å². The summed E-state index contributed by atoms with van der Waals surface area (Å²) in [5, 5.41) is 43.9. The second kappa shape index (κ2) is 7.25. The third-order valence-corrected chi connectivity index (χ3v) is 8.57. The fraction of sp³-hybridized carbons (Fsp3) is 0.636. The van der Waals surface area contributed by atoms with Crippen molar-refractivity contribution >= 4 is 31.2 Å². The number of hydrogen-bond donors (Lipinski definition) is 8. The molecule has 1 aliphatic rings. The van der Waals surface area contributed by atoms with Gasteiger partial charge in [0.05, 0.1) is 6.54 Å². The van der Waals surface area contributed by atoms with Crippen LogP contribution in [-0.2, 0) is 24.6 Å². The number of rotatable bonds is 7. The average Bonchev–Trinajstić information content (AvgIpc) is 2.89. The van der Waals surface area contributed by atoms with Crippen molar-refractivity contribution < 1.29 is 42.0 Å². The van der Waals surface area contributed by atoms with Crippen molar-refractivity contribution in [3.8, 4) is 0 Å². The molecule has 1 aromatic heterocycles. The predicted molar refractivity (Wildman–Crippen MR) is 90.7 cm³/mol. The third-order valence-electron chi connectivity index (χ3n) is 3.49. The Morgan fingerprint density at radius 3 is 2.37 bits per heavy atom. The summed E-state index contributed by atoms with van der Waals surface area (Å²) >= 11 is 0.390. The van der Waals surface area contributed by atoms with Crippen LogP contribution in [0.5, 0.6) is 0 Å². The molecule has 2 heterocycles. The summed E-state index contributed by atoms with van der Waals surface area (Å²) < 4.78 is 52.7. The van der Waals surface area contributed by atoms with Gasteiger partial charge in [-0.15, -0.1) is 11.3 Å². The van der Waals surface area contributed by atoms with E-state index >= 15 is 0 Å². The smallest absolute Gasteiger partial charge is 0.300 e. The van der Waals surface area contributed by atoms with Crippen LogP contribution in [0, 0.1) is 0 Å². The zero-order valence-electron chi connectivity index (χ0n) is 13.6. The molecule has 1 aliphatic heterocycles. The maximum Gasteiger partial charge on any atom is 0.300 e. The molecule has 0 saturated carbocycles. The summed E-state index contributed by atoms with van der Waals surface area (Å²) in [5.41, 5.74) is 8.91. The summed E-state index contributed by atoms with van der Waals surface area (Å²) in [4.78, 5) is 0. The van der Waals surface area contributed by atoms with Crippen molar-refractivity contribution in [1.82, 2.24) is 5.32 Å². The van der Waals surface area contributed by atoms with Crippen molar-refractivity contribution in [1.29, 1.82) is 0 Å². The molecular weight excluding hydrogens is 428 g/mol. The summed E-state index contributed by atoms with van der Waals surface area (Å²) in [6, 6.07) is 0.186. The molecule has 2 rings (SSSR count). The van der Waals surface area contributed by atoms with Crippen LogP contribution in [-0.4, -0.2) is 67.7 Å². The lowest BCUT2D eigenvalue weighted by Gasteiger charge is -2.32. The highest BCUT2D eigenvalue weighted by Gasteiger charge is 2.43. The maximum absolute atomic E-state index is 12.7. The zero-order valence-corrected chi connectivity index (χ0v) is 16.1. The van der Waals surface area contributed by atoms with E-state index < -0.39 is 60.5 Å². The van der Waals surface area contributed by atoms with Crippen LogP contribution in [0.4, 0.5) is 0 Å². The van der Waals surface area contributed by atoms with Gasteiger partial charge in [-0.3, -0.25) is 11.5 Å². The van der Waals surface area contributed by atoms with Gasteiger partial charge in [0.2, 0.25) is 19.9 Å². The molecule has 27 heavy (non-hydrogen) atoms. The molecule has 0 saturated heterocycles. The number of hydrogen-bond acceptors (Lipinski definition) is 13. The minimum Gasteiger partial charge on any atom is -0.362 e. The number of sulfonamides is 1. The van der Waals surface area contributed by atoms with E-state index in [9.17, 15) is 21.9 Å². The van der Waals surface area contributed by atoms with Gasteiger partial charge in [0.25, 0.3) is 5.97 Å². The van der Waals surface area contributed by atoms with Crippen LogP contribution in [0.15, 0.2) is 14.5 Å². The zero-order chi connectivity index (χ0) is 20.8. The van der Waals surface area contributed by atoms with Crippen LogP contribution in [0.2, 0.25) is 0 Å². The molecule has 0 bridgehead atoms. The number of nitrogens with two attached hydrogens (primary N) is 3. The summed E-state index contributed by atoms with van der Waals surface area (Å²) in [5.74, 6) is -5.41. The number of ether oxygens (including phenoxy) is 1. The van der Waals surface area contributed by atoms with Gasteiger partial charge in [-0.2, -0.15) is 0 Å². The highest BCUT2D eigenvalue weighted by Crippen LogP contribution is 2.43. The number of fused-ring (bicyclic) bond motifs is 1. The molecule has 1 aromatic rings. The lowest BCUT2D eigenvalue weighted by atomic mass is 10.1. The molecule has 13 nitrogen and oxygen atoms in total. The number of primary sulfonamides is 1. The first kappa shape index (κ1) is 22.5. The Hall–Kier alpha value is -0.760. The van der Waals surface area contributed by atoms with Gasteiger partial charge in [0.15, 0.2) is 11.3 Å². The topological polar surface area (TPSA) is 249 Å². The molecular formula is C11H20N4O9S3. The standard InChI is InChI=1S/C11H20N4O9S3/c12-10(13,16)3-15-6-2-7(24-4-11(17,18)19)26(20,21)9-5(6)1-8(25-9)27(14,22)23/h1,6-7,15-19H,2-4,12-13H2,(H2,14,22,23). The first-order valence-corrected chi connectivity index (χ1v) is 11.1. The predicted octanol–water partition coefficient (Wildman–Crippen LogP) is -4.26. The van der Waals surface area contributed by atoms with Gasteiger partial charge in [0.1, 0.15) is 15.0 Å². The minimum atomic E-state index is -4.25. The second-order valence-corrected chi connectivity index (χ2v) is 11.2. The van der Waals surface area contributed by atoms with E-state index in [-0.39, 0.29) is 16.2 Å². The number of aliphatic hydroxyl groups is 4. The fourth-order valence-corrected chi connectivity index (χ4v) is 6.75. The maximum atomic E-state index is 12.7. The first-order chi connectivity index (χ1) is 12.0. The molecule has 0 aromatic carbocycles. The Bertz CT molecular complexity index is 898. The molecule has 16 heteroatoms. The summed E-state index contributed by atoms with van der Waals surface area (Å²) in [6.45, 7) is -1.54. The average molecular weight is 449 g/mol. The van der Waals surface area contributed by atoms with E-state index in [1.807, 2.05) is 0 Å². The van der Waals surface area contributed by atoms with Gasteiger partial charge in [-0.05, 0) is 6.07 Å².